The zero-order valence-electron chi connectivity index (χ0n) is 21.6. The van der Waals surface area contributed by atoms with Crippen molar-refractivity contribution in [3.8, 4) is 5.75 Å². The predicted octanol–water partition coefficient (Wildman–Crippen LogP) is 5.32. The van der Waals surface area contributed by atoms with Crippen LogP contribution in [0.3, 0.4) is 0 Å². The Kier molecular flexibility index (Phi) is 11.8. The van der Waals surface area contributed by atoms with Crippen LogP contribution in [-0.4, -0.2) is 64.7 Å². The lowest BCUT2D eigenvalue weighted by molar-refractivity contribution is -0.159. The van der Waals surface area contributed by atoms with E-state index in [-0.39, 0.29) is 0 Å². The summed E-state index contributed by atoms with van der Waals surface area (Å²) < 4.78 is 6.70. The highest BCUT2D eigenvalue weighted by Gasteiger charge is 2.25. The second-order valence-electron chi connectivity index (χ2n) is 9.27. The summed E-state index contributed by atoms with van der Waals surface area (Å²) in [5.41, 5.74) is 4.08. The van der Waals surface area contributed by atoms with Crippen molar-refractivity contribution in [1.82, 2.24) is 9.80 Å². The van der Waals surface area contributed by atoms with E-state index in [2.05, 4.69) is 98.5 Å². The van der Waals surface area contributed by atoms with Crippen molar-refractivity contribution in [3.63, 3.8) is 0 Å². The average Bonchev–Trinajstić information content (AvgIpc) is 2.93. The largest absolute Gasteiger partial charge is 0.496 e. The predicted molar refractivity (Wildman–Crippen MR) is 151 cm³/mol. The molecule has 1 saturated heterocycles. The third kappa shape index (κ3) is 9.59. The summed E-state index contributed by atoms with van der Waals surface area (Å²) in [5.74, 6) is -2.67. The van der Waals surface area contributed by atoms with E-state index in [1.165, 1.54) is 29.5 Å². The summed E-state index contributed by atoms with van der Waals surface area (Å²) in [6, 6.07) is 28.7. The van der Waals surface area contributed by atoms with Crippen LogP contribution in [0.25, 0.3) is 0 Å². The van der Waals surface area contributed by atoms with E-state index in [9.17, 15) is 0 Å². The zero-order chi connectivity index (χ0) is 27.3. The van der Waals surface area contributed by atoms with Crippen LogP contribution in [0.5, 0.6) is 5.75 Å². The number of benzene rings is 3. The number of methoxy groups -OCH3 is 1. The average molecular weight is 584 g/mol. The number of ether oxygens (including phenoxy) is 1. The molecule has 1 aliphatic heterocycles. The van der Waals surface area contributed by atoms with Crippen LogP contribution in [0.4, 0.5) is 0 Å². The molecular weight excluding hydrogens is 548 g/mol. The van der Waals surface area contributed by atoms with Crippen LogP contribution in [-0.2, 0) is 29.1 Å². The minimum atomic E-state index is -1.82. The van der Waals surface area contributed by atoms with Gasteiger partial charge in [-0.15, -0.1) is 0 Å². The number of carboxylic acids is 2. The van der Waals surface area contributed by atoms with Crippen LogP contribution >= 0.6 is 15.9 Å². The maximum atomic E-state index is 9.10. The molecule has 3 aromatic carbocycles. The molecule has 38 heavy (non-hydrogen) atoms. The molecule has 0 saturated carbocycles. The molecule has 0 atom stereocenters. The molecule has 4 rings (SSSR count). The molecule has 3 aromatic rings. The van der Waals surface area contributed by atoms with Gasteiger partial charge >= 0.3 is 11.9 Å². The highest BCUT2D eigenvalue weighted by atomic mass is 79.9. The highest BCUT2D eigenvalue weighted by molar-refractivity contribution is 9.10. The van der Waals surface area contributed by atoms with Crippen molar-refractivity contribution in [3.05, 3.63) is 100 Å². The van der Waals surface area contributed by atoms with E-state index in [1.807, 2.05) is 6.07 Å². The first-order chi connectivity index (χ1) is 18.4. The minimum Gasteiger partial charge on any atom is -0.496 e. The molecule has 1 fully saturated rings. The number of piperidine rings is 1. The van der Waals surface area contributed by atoms with Gasteiger partial charge in [-0.2, -0.15) is 0 Å². The first kappa shape index (κ1) is 29.4. The second kappa shape index (κ2) is 15.3. The molecule has 1 aliphatic rings. The summed E-state index contributed by atoms with van der Waals surface area (Å²) in [6.07, 6.45) is 3.51. The number of carboxylic acid groups (broad SMARTS) is 2. The van der Waals surface area contributed by atoms with Crippen LogP contribution in [0, 0.1) is 0 Å². The van der Waals surface area contributed by atoms with Crippen molar-refractivity contribution in [2.45, 2.75) is 38.4 Å². The molecule has 7 nitrogen and oxygen atoms in total. The highest BCUT2D eigenvalue weighted by Crippen LogP contribution is 2.27. The monoisotopic (exact) mass is 582 g/mol. The number of rotatable bonds is 9. The van der Waals surface area contributed by atoms with Gasteiger partial charge in [-0.3, -0.25) is 9.80 Å². The van der Waals surface area contributed by atoms with Crippen molar-refractivity contribution >= 4 is 27.9 Å². The number of hydrogen-bond acceptors (Lipinski definition) is 5. The van der Waals surface area contributed by atoms with Gasteiger partial charge < -0.3 is 14.9 Å². The Morgan fingerprint density at radius 1 is 0.921 bits per heavy atom. The lowest BCUT2D eigenvalue weighted by Gasteiger charge is -2.39. The normalized spacial score (nSPS) is 14.0. The van der Waals surface area contributed by atoms with Gasteiger partial charge in [0.05, 0.1) is 7.11 Å². The van der Waals surface area contributed by atoms with Crippen molar-refractivity contribution in [2.24, 2.45) is 0 Å². The Bertz CT molecular complexity index is 1140. The maximum absolute atomic E-state index is 9.10. The Balaban J connectivity index is 0.000000599. The number of likely N-dealkylation sites (tertiary alicyclic amines) is 1. The molecule has 0 aromatic heterocycles. The smallest absolute Gasteiger partial charge is 0.414 e. The van der Waals surface area contributed by atoms with E-state index in [4.69, 9.17) is 24.5 Å². The van der Waals surface area contributed by atoms with Crippen molar-refractivity contribution in [2.75, 3.05) is 26.7 Å². The molecule has 0 bridgehead atoms. The van der Waals surface area contributed by atoms with Crippen molar-refractivity contribution in [1.29, 1.82) is 0 Å². The lowest BCUT2D eigenvalue weighted by Crippen LogP contribution is -2.45. The first-order valence-electron chi connectivity index (χ1n) is 12.7. The third-order valence-electron chi connectivity index (χ3n) is 6.65. The van der Waals surface area contributed by atoms with E-state index < -0.39 is 11.9 Å². The summed E-state index contributed by atoms with van der Waals surface area (Å²) in [6.45, 7) is 5.31. The molecule has 0 unspecified atom stereocenters. The summed E-state index contributed by atoms with van der Waals surface area (Å²) in [7, 11) is 1.76. The van der Waals surface area contributed by atoms with Gasteiger partial charge in [-0.25, -0.2) is 9.59 Å². The van der Waals surface area contributed by atoms with Gasteiger partial charge in [-0.1, -0.05) is 76.6 Å². The zero-order valence-corrected chi connectivity index (χ0v) is 23.2. The Hall–Kier alpha value is -3.20. The van der Waals surface area contributed by atoms with E-state index in [1.54, 1.807) is 7.11 Å². The number of hydrogen-bond donors (Lipinski definition) is 2. The van der Waals surface area contributed by atoms with E-state index in [0.717, 1.165) is 49.4 Å². The first-order valence-corrected chi connectivity index (χ1v) is 13.5. The fourth-order valence-corrected chi connectivity index (χ4v) is 5.09. The number of carbonyl (C=O) groups is 2. The van der Waals surface area contributed by atoms with Gasteiger partial charge in [0, 0.05) is 35.7 Å². The fourth-order valence-electron chi connectivity index (χ4n) is 4.68. The molecule has 0 radical (unpaired) electrons. The fraction of sp³-hybridized carbons (Fsp3) is 0.333. The quantitative estimate of drug-likeness (QED) is 0.330. The summed E-state index contributed by atoms with van der Waals surface area (Å²) in [5, 5.41) is 14.8. The number of nitrogens with zero attached hydrogens (tertiary/aromatic N) is 2. The van der Waals surface area contributed by atoms with E-state index >= 15 is 0 Å². The minimum absolute atomic E-state index is 0.625. The summed E-state index contributed by atoms with van der Waals surface area (Å²) in [4.78, 5) is 23.5. The van der Waals surface area contributed by atoms with Crippen LogP contribution in [0.1, 0.15) is 29.5 Å². The molecule has 1 heterocycles. The number of aliphatic carboxylic acids is 2. The van der Waals surface area contributed by atoms with Crippen molar-refractivity contribution < 1.29 is 24.5 Å². The Morgan fingerprint density at radius 3 is 2.05 bits per heavy atom. The lowest BCUT2D eigenvalue weighted by atomic mass is 10.0. The molecule has 0 spiro atoms. The molecule has 0 aliphatic carbocycles. The van der Waals surface area contributed by atoms with Crippen LogP contribution < -0.4 is 4.74 Å². The Morgan fingerprint density at radius 2 is 1.50 bits per heavy atom. The van der Waals surface area contributed by atoms with Gasteiger partial charge in [0.1, 0.15) is 5.75 Å². The van der Waals surface area contributed by atoms with Gasteiger partial charge in [-0.05, 0) is 61.7 Å². The van der Waals surface area contributed by atoms with Crippen LogP contribution in [0.2, 0.25) is 0 Å². The molecule has 0 amide bonds. The molecule has 8 heteroatoms. The molecular formula is C30H35BrN2O5. The maximum Gasteiger partial charge on any atom is 0.414 e. The Labute approximate surface area is 232 Å². The van der Waals surface area contributed by atoms with Gasteiger partial charge in [0.25, 0.3) is 0 Å². The van der Waals surface area contributed by atoms with Crippen LogP contribution in [0.15, 0.2) is 83.3 Å². The number of halogens is 1. The van der Waals surface area contributed by atoms with E-state index in [0.29, 0.717) is 6.04 Å². The molecule has 2 N–H and O–H groups in total. The second-order valence-corrected chi connectivity index (χ2v) is 10.2. The standard InChI is InChI=1S/C28H33BrN2O.C2H2O4/c1-32-28-13-12-26(29)20-25(28)22-30-17-15-27(16-18-30)31(21-24-10-6-3-7-11-24)19-14-23-8-4-2-5-9-23;3-1(4)2(5)6/h2-13,20,27H,14-19,21-22H2,1H3;(H,3,4)(H,5,6). The topological polar surface area (TPSA) is 90.3 Å². The summed E-state index contributed by atoms with van der Waals surface area (Å²) >= 11 is 3.61. The molecule has 202 valence electrons. The van der Waals surface area contributed by atoms with Gasteiger partial charge in [0.2, 0.25) is 0 Å². The van der Waals surface area contributed by atoms with Gasteiger partial charge in [0.15, 0.2) is 0 Å². The third-order valence-corrected chi connectivity index (χ3v) is 7.15. The SMILES string of the molecule is COc1ccc(Br)cc1CN1CCC(N(CCc2ccccc2)Cc2ccccc2)CC1.O=C(O)C(=O)O.